The predicted molar refractivity (Wildman–Crippen MR) is 73.4 cm³/mol. The van der Waals surface area contributed by atoms with Gasteiger partial charge in [0.2, 0.25) is 0 Å². The molecule has 3 rings (SSSR count). The standard InChI is InChI=1S/C16H18O5/c1-16(21-15(19)10-5-3-2-4-6-10)8-13-11(12(16)9-17)7-14(18)20-13/h2-6,11-13,17H,7-9H2,1H3/t11-,12-,13+,16+/m1/s1. The Hall–Kier alpha value is -1.88. The molecule has 0 spiro atoms. The number of hydrogen-bond donors (Lipinski definition) is 1. The van der Waals surface area contributed by atoms with Crippen molar-refractivity contribution in [3.63, 3.8) is 0 Å². The molecule has 5 heteroatoms. The van der Waals surface area contributed by atoms with Gasteiger partial charge in [-0.25, -0.2) is 4.79 Å². The Balaban J connectivity index is 1.78. The molecule has 0 amide bonds. The molecule has 0 bridgehead atoms. The summed E-state index contributed by atoms with van der Waals surface area (Å²) in [6.07, 6.45) is 0.463. The lowest BCUT2D eigenvalue weighted by atomic mass is 9.86. The maximum Gasteiger partial charge on any atom is 0.338 e. The van der Waals surface area contributed by atoms with Crippen LogP contribution in [0.15, 0.2) is 30.3 Å². The monoisotopic (exact) mass is 290 g/mol. The molecule has 1 aliphatic carbocycles. The van der Waals surface area contributed by atoms with E-state index in [1.165, 1.54) is 0 Å². The lowest BCUT2D eigenvalue weighted by Gasteiger charge is -2.31. The second kappa shape index (κ2) is 5.15. The molecule has 1 N–H and O–H groups in total. The fourth-order valence-electron chi connectivity index (χ4n) is 3.52. The van der Waals surface area contributed by atoms with Gasteiger partial charge in [-0.3, -0.25) is 4.79 Å². The van der Waals surface area contributed by atoms with Crippen LogP contribution < -0.4 is 0 Å². The van der Waals surface area contributed by atoms with Crippen molar-refractivity contribution in [2.45, 2.75) is 31.5 Å². The van der Waals surface area contributed by atoms with Crippen LogP contribution in [0.3, 0.4) is 0 Å². The van der Waals surface area contributed by atoms with E-state index in [1.807, 2.05) is 6.07 Å². The number of hydrogen-bond acceptors (Lipinski definition) is 5. The highest BCUT2D eigenvalue weighted by molar-refractivity contribution is 5.89. The molecule has 2 fully saturated rings. The molecule has 0 radical (unpaired) electrons. The third-order valence-electron chi connectivity index (χ3n) is 4.60. The maximum atomic E-state index is 12.2. The van der Waals surface area contributed by atoms with E-state index in [9.17, 15) is 14.7 Å². The number of benzene rings is 1. The Morgan fingerprint density at radius 3 is 2.81 bits per heavy atom. The minimum absolute atomic E-state index is 0.0731. The summed E-state index contributed by atoms with van der Waals surface area (Å²) in [4.78, 5) is 23.6. The van der Waals surface area contributed by atoms with Gasteiger partial charge in [-0.2, -0.15) is 0 Å². The van der Waals surface area contributed by atoms with Gasteiger partial charge in [0.1, 0.15) is 11.7 Å². The van der Waals surface area contributed by atoms with Crippen LogP contribution in [0.5, 0.6) is 0 Å². The highest BCUT2D eigenvalue weighted by Gasteiger charge is 2.57. The van der Waals surface area contributed by atoms with Crippen LogP contribution in [-0.4, -0.2) is 35.4 Å². The third kappa shape index (κ3) is 2.42. The second-order valence-electron chi connectivity index (χ2n) is 5.96. The number of aliphatic hydroxyl groups excluding tert-OH is 1. The van der Waals surface area contributed by atoms with Crippen molar-refractivity contribution in [1.82, 2.24) is 0 Å². The highest BCUT2D eigenvalue weighted by Crippen LogP contribution is 2.48. The van der Waals surface area contributed by atoms with Gasteiger partial charge < -0.3 is 14.6 Å². The number of esters is 2. The SMILES string of the molecule is C[C@]1(OC(=O)c2ccccc2)C[C@@H]2OC(=O)C[C@@H]2[C@H]1CO. The highest BCUT2D eigenvalue weighted by atomic mass is 16.6. The number of fused-ring (bicyclic) bond motifs is 1. The molecular formula is C16H18O5. The Morgan fingerprint density at radius 1 is 1.43 bits per heavy atom. The Kier molecular flexibility index (Phi) is 3.45. The summed E-state index contributed by atoms with van der Waals surface area (Å²) >= 11 is 0. The molecule has 1 aromatic rings. The zero-order chi connectivity index (χ0) is 15.0. The van der Waals surface area contributed by atoms with Crippen molar-refractivity contribution < 1.29 is 24.2 Å². The average Bonchev–Trinajstić information content (AvgIpc) is 2.91. The summed E-state index contributed by atoms with van der Waals surface area (Å²) in [5.74, 6) is -1.000. The van der Waals surface area contributed by atoms with Crippen LogP contribution in [0.2, 0.25) is 0 Å². The molecule has 0 unspecified atom stereocenters. The van der Waals surface area contributed by atoms with Crippen molar-refractivity contribution in [1.29, 1.82) is 0 Å². The van der Waals surface area contributed by atoms with Crippen molar-refractivity contribution in [2.24, 2.45) is 11.8 Å². The first-order valence-electron chi connectivity index (χ1n) is 7.12. The van der Waals surface area contributed by atoms with E-state index in [-0.39, 0.29) is 36.9 Å². The van der Waals surface area contributed by atoms with Crippen LogP contribution in [-0.2, 0) is 14.3 Å². The van der Waals surface area contributed by atoms with Crippen LogP contribution in [0, 0.1) is 11.8 Å². The molecule has 5 nitrogen and oxygen atoms in total. The van der Waals surface area contributed by atoms with Gasteiger partial charge in [0, 0.05) is 18.3 Å². The van der Waals surface area contributed by atoms with Crippen molar-refractivity contribution in [3.05, 3.63) is 35.9 Å². The first kappa shape index (κ1) is 14.1. The summed E-state index contributed by atoms with van der Waals surface area (Å²) in [7, 11) is 0. The summed E-state index contributed by atoms with van der Waals surface area (Å²) in [5, 5.41) is 9.66. The average molecular weight is 290 g/mol. The van der Waals surface area contributed by atoms with Crippen molar-refractivity contribution >= 4 is 11.9 Å². The van der Waals surface area contributed by atoms with E-state index in [1.54, 1.807) is 31.2 Å². The van der Waals surface area contributed by atoms with E-state index in [0.29, 0.717) is 12.0 Å². The van der Waals surface area contributed by atoms with Crippen molar-refractivity contribution in [2.75, 3.05) is 6.61 Å². The number of rotatable bonds is 3. The van der Waals surface area contributed by atoms with Gasteiger partial charge in [-0.1, -0.05) is 18.2 Å². The van der Waals surface area contributed by atoms with Gasteiger partial charge in [-0.05, 0) is 19.1 Å². The van der Waals surface area contributed by atoms with Gasteiger partial charge in [-0.15, -0.1) is 0 Å². The predicted octanol–water partition coefficient (Wildman–Crippen LogP) is 1.55. The first-order chi connectivity index (χ1) is 10.0. The van der Waals surface area contributed by atoms with Gasteiger partial charge in [0.05, 0.1) is 18.6 Å². The molecular weight excluding hydrogens is 272 g/mol. The normalized spacial score (nSPS) is 34.4. The zero-order valence-corrected chi connectivity index (χ0v) is 11.8. The van der Waals surface area contributed by atoms with E-state index in [2.05, 4.69) is 0 Å². The quantitative estimate of drug-likeness (QED) is 0.855. The second-order valence-corrected chi connectivity index (χ2v) is 5.96. The van der Waals surface area contributed by atoms with Gasteiger partial charge >= 0.3 is 11.9 Å². The van der Waals surface area contributed by atoms with Crippen LogP contribution in [0.25, 0.3) is 0 Å². The van der Waals surface area contributed by atoms with E-state index >= 15 is 0 Å². The number of aliphatic hydroxyl groups is 1. The summed E-state index contributed by atoms with van der Waals surface area (Å²) in [6, 6.07) is 8.75. The Bertz CT molecular complexity index is 555. The minimum atomic E-state index is -0.808. The topological polar surface area (TPSA) is 72.8 Å². The minimum Gasteiger partial charge on any atom is -0.462 e. The molecule has 1 saturated heterocycles. The summed E-state index contributed by atoms with van der Waals surface area (Å²) in [6.45, 7) is 1.68. The fourth-order valence-corrected chi connectivity index (χ4v) is 3.52. The Morgan fingerprint density at radius 2 is 2.14 bits per heavy atom. The molecule has 112 valence electrons. The third-order valence-corrected chi connectivity index (χ3v) is 4.60. The maximum absolute atomic E-state index is 12.2. The zero-order valence-electron chi connectivity index (χ0n) is 11.8. The number of carbonyl (C=O) groups excluding carboxylic acids is 2. The molecule has 2 aliphatic rings. The number of ether oxygens (including phenoxy) is 2. The van der Waals surface area contributed by atoms with Gasteiger partial charge in [0.25, 0.3) is 0 Å². The summed E-state index contributed by atoms with van der Waals surface area (Å²) < 4.78 is 10.9. The molecule has 1 saturated carbocycles. The van der Waals surface area contributed by atoms with E-state index in [0.717, 1.165) is 0 Å². The molecule has 1 aromatic carbocycles. The molecule has 4 atom stereocenters. The molecule has 1 heterocycles. The largest absolute Gasteiger partial charge is 0.462 e. The lowest BCUT2D eigenvalue weighted by Crippen LogP contribution is -2.40. The van der Waals surface area contributed by atoms with Crippen LogP contribution >= 0.6 is 0 Å². The first-order valence-corrected chi connectivity index (χ1v) is 7.12. The number of carbonyl (C=O) groups is 2. The van der Waals surface area contributed by atoms with Crippen molar-refractivity contribution in [3.8, 4) is 0 Å². The molecule has 0 aromatic heterocycles. The van der Waals surface area contributed by atoms with Gasteiger partial charge in [0.15, 0.2) is 0 Å². The smallest absolute Gasteiger partial charge is 0.338 e. The summed E-state index contributed by atoms with van der Waals surface area (Å²) in [5.41, 5.74) is -0.331. The lowest BCUT2D eigenvalue weighted by molar-refractivity contribution is -0.142. The molecule has 21 heavy (non-hydrogen) atoms. The van der Waals surface area contributed by atoms with Crippen LogP contribution in [0.1, 0.15) is 30.1 Å². The van der Waals surface area contributed by atoms with Crippen LogP contribution in [0.4, 0.5) is 0 Å². The molecule has 1 aliphatic heterocycles. The fraction of sp³-hybridized carbons (Fsp3) is 0.500. The van der Waals surface area contributed by atoms with E-state index < -0.39 is 11.6 Å². The van der Waals surface area contributed by atoms with E-state index in [4.69, 9.17) is 9.47 Å². The Labute approximate surface area is 122 Å².